The van der Waals surface area contributed by atoms with E-state index >= 15 is 0 Å². The van der Waals surface area contributed by atoms with E-state index in [-0.39, 0.29) is 44.4 Å². The highest BCUT2D eigenvalue weighted by Gasteiger charge is 2.40. The van der Waals surface area contributed by atoms with Gasteiger partial charge in [-0.05, 0) is 124 Å². The zero-order chi connectivity index (χ0) is 41.4. The van der Waals surface area contributed by atoms with Crippen molar-refractivity contribution in [2.75, 3.05) is 10.6 Å². The normalized spacial score (nSPS) is 18.5. The van der Waals surface area contributed by atoms with Crippen molar-refractivity contribution in [3.63, 3.8) is 0 Å². The van der Waals surface area contributed by atoms with Crippen LogP contribution in [0, 0.1) is 11.6 Å². The van der Waals surface area contributed by atoms with Crippen molar-refractivity contribution in [3.8, 4) is 0 Å². The molecule has 4 aromatic rings. The van der Waals surface area contributed by atoms with Gasteiger partial charge in [-0.2, -0.15) is 0 Å². The summed E-state index contributed by atoms with van der Waals surface area (Å²) in [6.45, 7) is 5.16. The maximum absolute atomic E-state index is 13.3. The molecule has 4 aliphatic rings. The van der Waals surface area contributed by atoms with Crippen molar-refractivity contribution >= 4 is 76.1 Å². The maximum atomic E-state index is 13.3. The number of benzene rings is 2. The molecule has 2 heterocycles. The summed E-state index contributed by atoms with van der Waals surface area (Å²) in [5, 5.41) is 4.96. The number of halogens is 5. The quantitative estimate of drug-likeness (QED) is 0.117. The molecule has 57 heavy (non-hydrogen) atoms. The molecule has 0 saturated heterocycles. The highest BCUT2D eigenvalue weighted by atomic mass is 35.7. The minimum atomic E-state index is -3.31. The summed E-state index contributed by atoms with van der Waals surface area (Å²) in [5.74, 6) is -1.61. The van der Waals surface area contributed by atoms with Gasteiger partial charge in [0.25, 0.3) is 11.8 Å². The molecule has 2 aromatic carbocycles. The van der Waals surface area contributed by atoms with Crippen LogP contribution in [-0.2, 0) is 45.0 Å². The summed E-state index contributed by atoms with van der Waals surface area (Å²) in [5.41, 5.74) is 11.8. The highest BCUT2D eigenvalue weighted by molar-refractivity contribution is 8.14. The van der Waals surface area contributed by atoms with Crippen LogP contribution in [-0.4, -0.2) is 48.3 Å². The van der Waals surface area contributed by atoms with Gasteiger partial charge < -0.3 is 25.5 Å². The first-order chi connectivity index (χ1) is 26.9. The molecule has 2 saturated carbocycles. The van der Waals surface area contributed by atoms with Gasteiger partial charge in [0, 0.05) is 59.6 Å². The van der Waals surface area contributed by atoms with Crippen LogP contribution < -0.4 is 21.1 Å². The number of amides is 2. The molecule has 12 nitrogen and oxygen atoms in total. The van der Waals surface area contributed by atoms with Crippen molar-refractivity contribution in [1.82, 2.24) is 13.9 Å². The third kappa shape index (κ3) is 10.0. The summed E-state index contributed by atoms with van der Waals surface area (Å²) in [4.78, 5) is 25.5. The Kier molecular flexibility index (Phi) is 13.1. The van der Waals surface area contributed by atoms with E-state index in [2.05, 4.69) is 15.4 Å². The molecule has 308 valence electrons. The average Bonchev–Trinajstić information content (AvgIpc) is 4.06. The van der Waals surface area contributed by atoms with Gasteiger partial charge in [-0.15, -0.1) is 0 Å². The number of fused-ring (bicyclic) bond motifs is 2. The van der Waals surface area contributed by atoms with E-state index < -0.39 is 30.7 Å². The van der Waals surface area contributed by atoms with Crippen molar-refractivity contribution in [1.29, 1.82) is 0 Å². The fourth-order valence-electron chi connectivity index (χ4n) is 6.99. The molecule has 4 aliphatic carbocycles. The van der Waals surface area contributed by atoms with E-state index in [0.717, 1.165) is 47.9 Å². The Morgan fingerprint density at radius 3 is 1.61 bits per heavy atom. The van der Waals surface area contributed by atoms with Gasteiger partial charge >= 0.3 is 0 Å². The number of nitrogens with two attached hydrogens (primary N) is 1. The summed E-state index contributed by atoms with van der Waals surface area (Å²) in [7, 11) is -1.57. The van der Waals surface area contributed by atoms with Crippen LogP contribution in [0.15, 0.2) is 48.8 Å². The van der Waals surface area contributed by atoms with E-state index in [1.807, 2.05) is 35.4 Å². The molecule has 0 spiro atoms. The molecule has 0 aliphatic heterocycles. The van der Waals surface area contributed by atoms with Gasteiger partial charge in [-0.1, -0.05) is 23.2 Å². The Bertz CT molecular complexity index is 2420. The molecular formula is C38H43Cl3F2N6O6S2. The van der Waals surface area contributed by atoms with Crippen LogP contribution in [0.1, 0.15) is 108 Å². The predicted octanol–water partition coefficient (Wildman–Crippen LogP) is 7.84. The number of aromatic nitrogens is 2. The van der Waals surface area contributed by atoms with E-state index in [1.54, 1.807) is 0 Å². The van der Waals surface area contributed by atoms with E-state index in [1.165, 1.54) is 36.4 Å². The Labute approximate surface area is 344 Å². The highest BCUT2D eigenvalue weighted by Crippen LogP contribution is 2.38. The molecule has 19 heteroatoms. The second kappa shape index (κ2) is 17.4. The number of rotatable bonds is 10. The number of carbonyl (C=O) groups excluding carboxylic acids is 2. The molecular weight excluding hydrogens is 845 g/mol. The zero-order valence-corrected chi connectivity index (χ0v) is 35.0. The van der Waals surface area contributed by atoms with Gasteiger partial charge in [0.05, 0.1) is 20.5 Å². The van der Waals surface area contributed by atoms with Crippen LogP contribution in [0.2, 0.25) is 10.0 Å². The number of sulfonamides is 1. The van der Waals surface area contributed by atoms with Crippen molar-refractivity contribution in [2.45, 2.75) is 101 Å². The molecule has 0 bridgehead atoms. The molecule has 2 aromatic heterocycles. The number of nitrogens with zero attached hydrogens (tertiary/aromatic N) is 2. The van der Waals surface area contributed by atoms with Crippen LogP contribution in [0.25, 0.3) is 0 Å². The van der Waals surface area contributed by atoms with Gasteiger partial charge in [-0.25, -0.2) is 30.3 Å². The number of carbonyl (C=O) groups is 2. The smallest absolute Gasteiger partial charge is 0.272 e. The van der Waals surface area contributed by atoms with Crippen LogP contribution >= 0.6 is 33.9 Å². The molecule has 2 amide bonds. The lowest BCUT2D eigenvalue weighted by Crippen LogP contribution is -2.30. The third-order valence-electron chi connectivity index (χ3n) is 10.3. The van der Waals surface area contributed by atoms with Crippen LogP contribution in [0.5, 0.6) is 0 Å². The molecule has 8 rings (SSSR count). The number of anilines is 2. The van der Waals surface area contributed by atoms with Gasteiger partial charge in [-0.3, -0.25) is 9.59 Å². The standard InChI is InChI=1S/C19H21ClFN3O3S.C16H17ClFN3O.C3H5ClO2S/c1-2-24-10-14-13(6-8-17(14)23-28(26,27)12-4-5-12)18(24)19(25)22-11-3-7-16(21)15(20)9-11;1-2-21-8-11-10(4-6-14(11)19)15(21)16(22)20-9-3-5-13(18)12(17)7-9;4-7(5,6)3-1-2-3/h3,7,9-10,12,17,23H,2,4-6,8H2,1H3,(H,22,25);3,5,7-8,14H,2,4,6,19H2,1H3,(H,20,22);3H,1-2H2. The van der Waals surface area contributed by atoms with Crippen molar-refractivity contribution in [3.05, 3.63) is 104 Å². The van der Waals surface area contributed by atoms with Gasteiger partial charge in [0.2, 0.25) is 19.1 Å². The first-order valence-corrected chi connectivity index (χ1v) is 23.3. The topological polar surface area (TPSA) is 174 Å². The number of nitrogens with one attached hydrogen (secondary N) is 3. The van der Waals surface area contributed by atoms with E-state index in [4.69, 9.17) is 39.6 Å². The first-order valence-electron chi connectivity index (χ1n) is 18.6. The third-order valence-corrected chi connectivity index (χ3v) is 14.8. The van der Waals surface area contributed by atoms with Crippen LogP contribution in [0.3, 0.4) is 0 Å². The minimum Gasteiger partial charge on any atom is -0.343 e. The zero-order valence-electron chi connectivity index (χ0n) is 31.1. The van der Waals surface area contributed by atoms with Crippen molar-refractivity contribution < 1.29 is 35.2 Å². The fourth-order valence-corrected chi connectivity index (χ4v) is 10.2. The van der Waals surface area contributed by atoms with Gasteiger partial charge in [0.15, 0.2) is 0 Å². The Morgan fingerprint density at radius 2 is 1.19 bits per heavy atom. The average molecular weight is 888 g/mol. The summed E-state index contributed by atoms with van der Waals surface area (Å²) >= 11 is 11.5. The van der Waals surface area contributed by atoms with Gasteiger partial charge in [0.1, 0.15) is 23.0 Å². The maximum Gasteiger partial charge on any atom is 0.272 e. The molecule has 2 fully saturated rings. The number of hydrogen-bond acceptors (Lipinski definition) is 7. The number of aryl methyl sites for hydroxylation is 2. The first kappa shape index (κ1) is 43.1. The molecule has 0 radical (unpaired) electrons. The lowest BCUT2D eigenvalue weighted by atomic mass is 10.1. The Hall–Kier alpha value is -3.51. The lowest BCUT2D eigenvalue weighted by molar-refractivity contribution is 0.100. The molecule has 2 atom stereocenters. The fraction of sp³-hybridized carbons (Fsp3) is 0.421. The van der Waals surface area contributed by atoms with Crippen molar-refractivity contribution in [2.24, 2.45) is 5.73 Å². The molecule has 2 unspecified atom stereocenters. The second-order valence-corrected chi connectivity index (χ2v) is 20.0. The van der Waals surface area contributed by atoms with E-state index in [9.17, 15) is 35.2 Å². The summed E-state index contributed by atoms with van der Waals surface area (Å²) < 4.78 is 78.0. The summed E-state index contributed by atoms with van der Waals surface area (Å²) in [6.07, 6.45) is 9.65. The molecule has 5 N–H and O–H groups in total. The lowest BCUT2D eigenvalue weighted by Gasteiger charge is -2.13. The number of hydrogen-bond donors (Lipinski definition) is 4. The summed E-state index contributed by atoms with van der Waals surface area (Å²) in [6, 6.07) is 7.83. The Balaban J connectivity index is 0.000000168. The predicted molar refractivity (Wildman–Crippen MR) is 218 cm³/mol. The second-order valence-electron chi connectivity index (χ2n) is 14.3. The SMILES string of the molecule is CCn1cc2c(c1C(=O)Nc1ccc(F)c(Cl)c1)CCC2N.CCn1cc2c(c1C(=O)Nc1ccc(F)c(Cl)c1)CCC2NS(=O)(=O)C1CC1.O=S(=O)(Cl)C1CC1. The largest absolute Gasteiger partial charge is 0.343 e. The van der Waals surface area contributed by atoms with E-state index in [0.29, 0.717) is 61.5 Å². The van der Waals surface area contributed by atoms with Crippen LogP contribution in [0.4, 0.5) is 20.2 Å². The minimum absolute atomic E-state index is 0.00499. The monoisotopic (exact) mass is 886 g/mol. The Morgan fingerprint density at radius 1 is 0.737 bits per heavy atom.